The predicted octanol–water partition coefficient (Wildman–Crippen LogP) is 6.33. The molecule has 1 saturated carbocycles. The molecular weight excluding hydrogens is 446 g/mol. The van der Waals surface area contributed by atoms with Gasteiger partial charge in [0.05, 0.1) is 0 Å². The van der Waals surface area contributed by atoms with Gasteiger partial charge in [0.1, 0.15) is 0 Å². The summed E-state index contributed by atoms with van der Waals surface area (Å²) >= 11 is 10.6. The van der Waals surface area contributed by atoms with E-state index in [-0.39, 0.29) is 0 Å². The predicted molar refractivity (Wildman–Crippen MR) is 95.4 cm³/mol. The molecule has 2 aromatic carbocycles. The summed E-state index contributed by atoms with van der Waals surface area (Å²) in [4.78, 5) is 0. The maximum Gasteiger partial charge on any atom is 0.0498 e. The highest BCUT2D eigenvalue weighted by Crippen LogP contribution is 2.40. The minimum Gasteiger partial charge on any atom is -0.381 e. The second-order valence-corrected chi connectivity index (χ2v) is 7.87. The Morgan fingerprint density at radius 2 is 1.50 bits per heavy atom. The molecule has 0 bridgehead atoms. The van der Waals surface area contributed by atoms with Gasteiger partial charge >= 0.3 is 0 Å². The van der Waals surface area contributed by atoms with E-state index in [0.717, 1.165) is 13.4 Å². The Bertz CT molecular complexity index is 604. The lowest BCUT2D eigenvalue weighted by Crippen LogP contribution is -2.34. The molecule has 0 aliphatic heterocycles. The van der Waals surface area contributed by atoms with Crippen molar-refractivity contribution in [2.24, 2.45) is 0 Å². The summed E-state index contributed by atoms with van der Waals surface area (Å²) in [6, 6.07) is 15.5. The Balaban J connectivity index is 1.60. The van der Waals surface area contributed by atoms with Crippen LogP contribution in [0.4, 0.5) is 5.69 Å². The van der Waals surface area contributed by atoms with Crippen LogP contribution >= 0.6 is 47.8 Å². The number of rotatable bonds is 3. The van der Waals surface area contributed by atoms with Crippen LogP contribution in [0.25, 0.3) is 0 Å². The van der Waals surface area contributed by atoms with Crippen LogP contribution in [0.2, 0.25) is 0 Å². The molecule has 0 saturated heterocycles. The Labute approximate surface area is 144 Å². The van der Waals surface area contributed by atoms with Crippen molar-refractivity contribution in [3.63, 3.8) is 0 Å². The Kier molecular flexibility index (Phi) is 4.53. The van der Waals surface area contributed by atoms with Crippen molar-refractivity contribution in [1.29, 1.82) is 0 Å². The van der Waals surface area contributed by atoms with Crippen LogP contribution in [-0.4, -0.2) is 6.04 Å². The molecule has 1 nitrogen and oxygen atoms in total. The van der Waals surface area contributed by atoms with Crippen molar-refractivity contribution in [2.45, 2.75) is 24.8 Å². The molecule has 104 valence electrons. The van der Waals surface area contributed by atoms with Crippen molar-refractivity contribution in [1.82, 2.24) is 0 Å². The molecule has 4 heteroatoms. The third kappa shape index (κ3) is 3.29. The highest BCUT2D eigenvalue weighted by Gasteiger charge is 2.30. The molecule has 0 unspecified atom stereocenters. The average Bonchev–Trinajstić information content (AvgIpc) is 2.39. The Morgan fingerprint density at radius 1 is 0.850 bits per heavy atom. The van der Waals surface area contributed by atoms with Gasteiger partial charge in [-0.15, -0.1) is 0 Å². The number of anilines is 1. The van der Waals surface area contributed by atoms with Gasteiger partial charge in [0.2, 0.25) is 0 Å². The third-order valence-electron chi connectivity index (χ3n) is 3.77. The normalized spacial score (nSPS) is 21.4. The van der Waals surface area contributed by atoms with E-state index in [1.165, 1.54) is 24.1 Å². The number of hydrogen-bond donors (Lipinski definition) is 1. The molecular formula is C16H14Br3N. The van der Waals surface area contributed by atoms with Gasteiger partial charge in [0.25, 0.3) is 0 Å². The largest absolute Gasteiger partial charge is 0.381 e. The number of halogens is 3. The molecule has 1 aliphatic carbocycles. The molecule has 3 rings (SSSR count). The van der Waals surface area contributed by atoms with Gasteiger partial charge in [-0.3, -0.25) is 0 Å². The second kappa shape index (κ2) is 6.20. The molecule has 0 atom stereocenters. The molecule has 0 amide bonds. The summed E-state index contributed by atoms with van der Waals surface area (Å²) in [5, 5.41) is 3.61. The molecule has 1 aliphatic rings. The first kappa shape index (κ1) is 14.6. The summed E-state index contributed by atoms with van der Waals surface area (Å²) in [6.07, 6.45) is 2.39. The van der Waals surface area contributed by atoms with Crippen molar-refractivity contribution in [2.75, 3.05) is 5.32 Å². The number of hydrogen-bond acceptors (Lipinski definition) is 1. The minimum absolute atomic E-state index is 0.564. The SMILES string of the molecule is Brc1ccc(C2CC(Nc3cc(Br)ccc3Br)C2)cc1. The summed E-state index contributed by atoms with van der Waals surface area (Å²) in [5.41, 5.74) is 2.61. The Morgan fingerprint density at radius 3 is 2.20 bits per heavy atom. The van der Waals surface area contributed by atoms with Crippen molar-refractivity contribution < 1.29 is 0 Å². The lowest BCUT2D eigenvalue weighted by Gasteiger charge is -2.37. The fourth-order valence-corrected chi connectivity index (χ4v) is 3.56. The monoisotopic (exact) mass is 457 g/mol. The standard InChI is InChI=1S/C16H14Br3N/c17-12-3-1-10(2-4-12)11-7-14(8-11)20-16-9-13(18)5-6-15(16)19/h1-6,9,11,14,20H,7-8H2. The van der Waals surface area contributed by atoms with Crippen LogP contribution in [0.5, 0.6) is 0 Å². The molecule has 20 heavy (non-hydrogen) atoms. The van der Waals surface area contributed by atoms with Gasteiger partial charge in [-0.05, 0) is 70.6 Å². The molecule has 1 fully saturated rings. The van der Waals surface area contributed by atoms with E-state index >= 15 is 0 Å². The van der Waals surface area contributed by atoms with Crippen LogP contribution in [0.15, 0.2) is 55.9 Å². The number of nitrogens with one attached hydrogen (secondary N) is 1. The minimum atomic E-state index is 0.564. The van der Waals surface area contributed by atoms with Crippen molar-refractivity contribution >= 4 is 53.5 Å². The first-order chi connectivity index (χ1) is 9.61. The van der Waals surface area contributed by atoms with Crippen LogP contribution in [0, 0.1) is 0 Å². The molecule has 2 aromatic rings. The van der Waals surface area contributed by atoms with E-state index in [2.05, 4.69) is 89.5 Å². The van der Waals surface area contributed by atoms with Gasteiger partial charge in [0, 0.05) is 25.1 Å². The van der Waals surface area contributed by atoms with E-state index in [4.69, 9.17) is 0 Å². The fourth-order valence-electron chi connectivity index (χ4n) is 2.57. The van der Waals surface area contributed by atoms with E-state index in [9.17, 15) is 0 Å². The van der Waals surface area contributed by atoms with Gasteiger partial charge in [0.15, 0.2) is 0 Å². The fraction of sp³-hybridized carbons (Fsp3) is 0.250. The molecule has 0 heterocycles. The molecule has 0 aromatic heterocycles. The van der Waals surface area contributed by atoms with Gasteiger partial charge in [-0.1, -0.05) is 44.0 Å². The second-order valence-electron chi connectivity index (χ2n) is 5.19. The topological polar surface area (TPSA) is 12.0 Å². The smallest absolute Gasteiger partial charge is 0.0498 e. The number of benzene rings is 2. The zero-order valence-electron chi connectivity index (χ0n) is 10.7. The Hall–Kier alpha value is -0.320. The summed E-state index contributed by atoms with van der Waals surface area (Å²) < 4.78 is 3.37. The summed E-state index contributed by atoms with van der Waals surface area (Å²) in [5.74, 6) is 0.687. The first-order valence-corrected chi connectivity index (χ1v) is 8.97. The van der Waals surface area contributed by atoms with Gasteiger partial charge in [-0.2, -0.15) is 0 Å². The van der Waals surface area contributed by atoms with Crippen LogP contribution < -0.4 is 5.32 Å². The summed E-state index contributed by atoms with van der Waals surface area (Å²) in [7, 11) is 0. The quantitative estimate of drug-likeness (QED) is 0.565. The van der Waals surface area contributed by atoms with Crippen LogP contribution in [0.1, 0.15) is 24.3 Å². The van der Waals surface area contributed by atoms with E-state index in [1.807, 2.05) is 6.07 Å². The highest BCUT2D eigenvalue weighted by atomic mass is 79.9. The molecule has 1 N–H and O–H groups in total. The zero-order valence-corrected chi connectivity index (χ0v) is 15.5. The maximum absolute atomic E-state index is 3.61. The lowest BCUT2D eigenvalue weighted by molar-refractivity contribution is 0.374. The van der Waals surface area contributed by atoms with Crippen molar-refractivity contribution in [3.05, 3.63) is 61.4 Å². The average molecular weight is 460 g/mol. The van der Waals surface area contributed by atoms with Crippen LogP contribution in [-0.2, 0) is 0 Å². The van der Waals surface area contributed by atoms with E-state index in [1.54, 1.807) is 0 Å². The van der Waals surface area contributed by atoms with E-state index < -0.39 is 0 Å². The molecule has 0 radical (unpaired) electrons. The van der Waals surface area contributed by atoms with Crippen LogP contribution in [0.3, 0.4) is 0 Å². The van der Waals surface area contributed by atoms with Gasteiger partial charge in [-0.25, -0.2) is 0 Å². The zero-order chi connectivity index (χ0) is 14.1. The van der Waals surface area contributed by atoms with Gasteiger partial charge < -0.3 is 5.32 Å². The van der Waals surface area contributed by atoms with E-state index in [0.29, 0.717) is 12.0 Å². The maximum atomic E-state index is 3.61. The lowest BCUT2D eigenvalue weighted by atomic mass is 9.76. The molecule has 0 spiro atoms. The summed E-state index contributed by atoms with van der Waals surface area (Å²) in [6.45, 7) is 0. The first-order valence-electron chi connectivity index (χ1n) is 6.59. The highest BCUT2D eigenvalue weighted by molar-refractivity contribution is 9.11. The van der Waals surface area contributed by atoms with Crippen molar-refractivity contribution in [3.8, 4) is 0 Å². The third-order valence-corrected chi connectivity index (χ3v) is 5.48.